The first kappa shape index (κ1) is 18.1. The van der Waals surface area contributed by atoms with Gasteiger partial charge in [-0.2, -0.15) is 0 Å². The van der Waals surface area contributed by atoms with Crippen LogP contribution in [0.5, 0.6) is 0 Å². The molecule has 0 saturated carbocycles. The maximum absolute atomic E-state index is 11.6. The van der Waals surface area contributed by atoms with Crippen molar-refractivity contribution >= 4 is 28.3 Å². The molecule has 0 aromatic rings. The third-order valence-electron chi connectivity index (χ3n) is 3.05. The second-order valence-electron chi connectivity index (χ2n) is 4.68. The number of alkyl carbamates (subject to hydrolysis) is 1. The molecule has 12 heteroatoms. The van der Waals surface area contributed by atoms with Crippen LogP contribution in [0.25, 0.3) is 0 Å². The molecule has 0 aromatic heterocycles. The van der Waals surface area contributed by atoms with Crippen molar-refractivity contribution in [2.75, 3.05) is 6.54 Å². The molecule has 0 radical (unpaired) electrons. The Morgan fingerprint density at radius 2 is 2.00 bits per heavy atom. The highest BCUT2D eigenvalue weighted by atomic mass is 32.2. The van der Waals surface area contributed by atoms with Gasteiger partial charge in [-0.1, -0.05) is 0 Å². The van der Waals surface area contributed by atoms with Crippen molar-refractivity contribution in [2.24, 2.45) is 5.92 Å². The average Bonchev–Trinajstić information content (AvgIpc) is 2.30. The Morgan fingerprint density at radius 1 is 1.45 bits per heavy atom. The molecule has 4 atom stereocenters. The second-order valence-corrected chi connectivity index (χ2v) is 5.93. The number of carbonyl (C=O) groups is 3. The second kappa shape index (κ2) is 6.46. The molecule has 0 aliphatic carbocycles. The Balaban J connectivity index is 2.82. The van der Waals surface area contributed by atoms with Gasteiger partial charge >= 0.3 is 6.09 Å². The number of aliphatic hydroxyl groups is 1. The molecule has 0 bridgehead atoms. The molecule has 1 rings (SSSR count). The van der Waals surface area contributed by atoms with Crippen LogP contribution in [-0.2, 0) is 24.6 Å². The molecule has 2 N–H and O–H groups in total. The van der Waals surface area contributed by atoms with Crippen molar-refractivity contribution in [2.45, 2.75) is 32.1 Å². The molecule has 0 spiro atoms. The standard InChI is InChI=1S/C10H16N2O9S/c1-4(13)7-8(12(9(7)16)22(18,19)20)5(2)21-10(17)11-3-6(14)15/h4-5,7-8,13H,3H2,1-2H3,(H,11,17)(H,14,15)(H,18,19,20)/p-2/t4-,5+,7-,8-/m1/s1. The number of aliphatic hydroxyl groups excluding tert-OH is 1. The normalized spacial score (nSPS) is 24.2. The van der Waals surface area contributed by atoms with Crippen molar-refractivity contribution in [3.8, 4) is 0 Å². The van der Waals surface area contributed by atoms with Gasteiger partial charge in [0.25, 0.3) is 0 Å². The summed E-state index contributed by atoms with van der Waals surface area (Å²) in [7, 11) is -5.13. The number of β-lactam (4-membered cyclic amide) rings is 1. The van der Waals surface area contributed by atoms with Crippen molar-refractivity contribution in [1.82, 2.24) is 9.62 Å². The minimum Gasteiger partial charge on any atom is -0.731 e. The van der Waals surface area contributed by atoms with E-state index in [9.17, 15) is 37.6 Å². The van der Waals surface area contributed by atoms with E-state index < -0.39 is 59.0 Å². The summed E-state index contributed by atoms with van der Waals surface area (Å²) >= 11 is 0. The molecule has 126 valence electrons. The molecule has 2 amide bonds. The summed E-state index contributed by atoms with van der Waals surface area (Å²) in [5, 5.41) is 21.4. The minimum absolute atomic E-state index is 0.0128. The molecule has 1 aliphatic rings. The summed E-state index contributed by atoms with van der Waals surface area (Å²) in [6, 6.07) is -1.37. The number of rotatable bonds is 6. The van der Waals surface area contributed by atoms with Gasteiger partial charge in [0, 0.05) is 0 Å². The van der Waals surface area contributed by atoms with Crippen LogP contribution in [0.4, 0.5) is 4.79 Å². The third kappa shape index (κ3) is 3.84. The maximum atomic E-state index is 11.6. The Labute approximate surface area is 125 Å². The van der Waals surface area contributed by atoms with Crippen LogP contribution >= 0.6 is 0 Å². The average molecular weight is 338 g/mol. The summed E-state index contributed by atoms with van der Waals surface area (Å²) in [6.07, 6.45) is -3.75. The molecule has 22 heavy (non-hydrogen) atoms. The van der Waals surface area contributed by atoms with Crippen LogP contribution in [0.3, 0.4) is 0 Å². The van der Waals surface area contributed by atoms with E-state index in [0.29, 0.717) is 0 Å². The van der Waals surface area contributed by atoms with Gasteiger partial charge in [-0.05, 0) is 13.8 Å². The van der Waals surface area contributed by atoms with Gasteiger partial charge in [0.1, 0.15) is 6.10 Å². The lowest BCUT2D eigenvalue weighted by molar-refractivity contribution is -0.303. The first-order valence-corrected chi connectivity index (χ1v) is 7.44. The molecule has 1 aliphatic heterocycles. The lowest BCUT2D eigenvalue weighted by Gasteiger charge is -2.50. The molecule has 1 fully saturated rings. The summed E-state index contributed by atoms with van der Waals surface area (Å²) in [6.45, 7) is 1.58. The zero-order valence-corrected chi connectivity index (χ0v) is 12.4. The summed E-state index contributed by atoms with van der Waals surface area (Å²) in [5.74, 6) is -3.90. The number of nitrogens with one attached hydrogen (secondary N) is 1. The molecular formula is C10H14N2O9S-2. The van der Waals surface area contributed by atoms with Crippen LogP contribution in [0, 0.1) is 5.92 Å². The van der Waals surface area contributed by atoms with E-state index in [4.69, 9.17) is 4.74 Å². The van der Waals surface area contributed by atoms with Crippen molar-refractivity contribution < 1.29 is 42.3 Å². The Morgan fingerprint density at radius 3 is 2.41 bits per heavy atom. The topological polar surface area (TPSA) is 176 Å². The lowest BCUT2D eigenvalue weighted by atomic mass is 9.83. The first-order chi connectivity index (χ1) is 9.96. The number of carboxylic acid groups (broad SMARTS) is 1. The van der Waals surface area contributed by atoms with Gasteiger partial charge in [-0.25, -0.2) is 17.5 Å². The minimum atomic E-state index is -5.13. The van der Waals surface area contributed by atoms with E-state index in [-0.39, 0.29) is 4.31 Å². The van der Waals surface area contributed by atoms with E-state index in [1.807, 2.05) is 5.32 Å². The smallest absolute Gasteiger partial charge is 0.407 e. The molecule has 11 nitrogen and oxygen atoms in total. The SMILES string of the molecule is C[C@H](OC(=O)NCC(=O)[O-])[C@@H]1[C@@H]([C@@H](C)O)C(=O)N1S(=O)(=O)[O-]. The van der Waals surface area contributed by atoms with Crippen LogP contribution in [0.15, 0.2) is 0 Å². The largest absolute Gasteiger partial charge is 0.731 e. The number of amides is 2. The highest BCUT2D eigenvalue weighted by Gasteiger charge is 2.56. The lowest BCUT2D eigenvalue weighted by Crippen LogP contribution is -2.69. The Kier molecular flexibility index (Phi) is 5.32. The molecule has 0 aromatic carbocycles. The quantitative estimate of drug-likeness (QED) is 0.367. The number of hydrogen-bond donors (Lipinski definition) is 2. The summed E-state index contributed by atoms with van der Waals surface area (Å²) in [4.78, 5) is 33.1. The van der Waals surface area contributed by atoms with E-state index in [2.05, 4.69) is 0 Å². The fraction of sp³-hybridized carbons (Fsp3) is 0.700. The summed E-state index contributed by atoms with van der Waals surface area (Å²) < 4.78 is 37.8. The fourth-order valence-corrected chi connectivity index (χ4v) is 3.10. The number of aliphatic carboxylic acids is 1. The first-order valence-electron chi connectivity index (χ1n) is 6.08. The van der Waals surface area contributed by atoms with Crippen LogP contribution in [-0.4, -0.2) is 65.1 Å². The van der Waals surface area contributed by atoms with Gasteiger partial charge in [0.15, 0.2) is 10.3 Å². The highest BCUT2D eigenvalue weighted by Crippen LogP contribution is 2.35. The highest BCUT2D eigenvalue weighted by molar-refractivity contribution is 7.84. The van der Waals surface area contributed by atoms with Crippen molar-refractivity contribution in [3.63, 3.8) is 0 Å². The number of carbonyl (C=O) groups excluding carboxylic acids is 3. The zero-order chi connectivity index (χ0) is 17.2. The van der Waals surface area contributed by atoms with Gasteiger partial charge in [-0.15, -0.1) is 0 Å². The number of carboxylic acids is 1. The number of hydrogen-bond acceptors (Lipinski definition) is 9. The van der Waals surface area contributed by atoms with E-state index in [0.717, 1.165) is 0 Å². The van der Waals surface area contributed by atoms with E-state index in [1.54, 1.807) is 0 Å². The van der Waals surface area contributed by atoms with E-state index in [1.165, 1.54) is 13.8 Å². The maximum Gasteiger partial charge on any atom is 0.407 e. The predicted molar refractivity (Wildman–Crippen MR) is 64.5 cm³/mol. The third-order valence-corrected chi connectivity index (χ3v) is 3.96. The van der Waals surface area contributed by atoms with Crippen LogP contribution in [0.1, 0.15) is 13.8 Å². The monoisotopic (exact) mass is 338 g/mol. The number of ether oxygens (including phenoxy) is 1. The summed E-state index contributed by atoms with van der Waals surface area (Å²) in [5.41, 5.74) is 0. The number of nitrogens with zero attached hydrogens (tertiary/aromatic N) is 1. The van der Waals surface area contributed by atoms with Gasteiger partial charge in [0.2, 0.25) is 5.91 Å². The zero-order valence-electron chi connectivity index (χ0n) is 11.6. The van der Waals surface area contributed by atoms with Gasteiger partial charge in [0.05, 0.1) is 30.6 Å². The van der Waals surface area contributed by atoms with Crippen LogP contribution < -0.4 is 10.4 Å². The Hall–Kier alpha value is -1.92. The van der Waals surface area contributed by atoms with Gasteiger partial charge in [-0.3, -0.25) is 4.79 Å². The van der Waals surface area contributed by atoms with Crippen molar-refractivity contribution in [3.05, 3.63) is 0 Å². The van der Waals surface area contributed by atoms with Crippen molar-refractivity contribution in [1.29, 1.82) is 0 Å². The predicted octanol–water partition coefficient (Wildman–Crippen LogP) is -3.48. The molecule has 1 saturated heterocycles. The fourth-order valence-electron chi connectivity index (χ4n) is 2.16. The Bertz CT molecular complexity index is 573. The van der Waals surface area contributed by atoms with E-state index >= 15 is 0 Å². The molecule has 0 unspecified atom stereocenters. The molecule has 1 heterocycles. The van der Waals surface area contributed by atoms with Crippen LogP contribution in [0.2, 0.25) is 0 Å². The molecular weight excluding hydrogens is 324 g/mol. The van der Waals surface area contributed by atoms with Gasteiger partial charge < -0.3 is 29.6 Å².